The Labute approximate surface area is 118 Å². The van der Waals surface area contributed by atoms with Crippen LogP contribution in [-0.4, -0.2) is 36.6 Å². The third-order valence-corrected chi connectivity index (χ3v) is 3.84. The molecule has 5 nitrogen and oxygen atoms in total. The molecule has 20 heavy (non-hydrogen) atoms. The van der Waals surface area contributed by atoms with E-state index in [2.05, 4.69) is 5.32 Å². The van der Waals surface area contributed by atoms with Gasteiger partial charge in [-0.3, -0.25) is 4.79 Å². The summed E-state index contributed by atoms with van der Waals surface area (Å²) in [7, 11) is 3.78. The van der Waals surface area contributed by atoms with E-state index in [0.29, 0.717) is 5.56 Å². The fourth-order valence-electron chi connectivity index (χ4n) is 2.22. The number of hydrogen-bond acceptors (Lipinski definition) is 3. The maximum Gasteiger partial charge on any atom is 0.329 e. The molecule has 2 N–H and O–H groups in total. The molecule has 0 spiro atoms. The summed E-state index contributed by atoms with van der Waals surface area (Å²) in [6.45, 7) is 1.58. The number of aliphatic carboxylic acids is 1. The normalized spacial score (nSPS) is 17.1. The van der Waals surface area contributed by atoms with E-state index in [4.69, 9.17) is 0 Å². The van der Waals surface area contributed by atoms with E-state index in [1.807, 2.05) is 25.1 Å². The lowest BCUT2D eigenvalue weighted by atomic mass is 9.95. The summed E-state index contributed by atoms with van der Waals surface area (Å²) in [5.74, 6) is -1.29. The minimum absolute atomic E-state index is 0.0287. The second-order valence-corrected chi connectivity index (χ2v) is 5.68. The fraction of sp³-hybridized carbons (Fsp3) is 0.467. The van der Waals surface area contributed by atoms with Crippen LogP contribution in [0.5, 0.6) is 0 Å². The monoisotopic (exact) mass is 276 g/mol. The van der Waals surface area contributed by atoms with Crippen LogP contribution in [-0.2, 0) is 4.79 Å². The smallest absolute Gasteiger partial charge is 0.329 e. The highest BCUT2D eigenvalue weighted by atomic mass is 16.4. The Kier molecular flexibility index (Phi) is 3.70. The van der Waals surface area contributed by atoms with Gasteiger partial charge in [0.05, 0.1) is 0 Å². The van der Waals surface area contributed by atoms with E-state index in [1.54, 1.807) is 25.1 Å². The first-order valence-corrected chi connectivity index (χ1v) is 6.68. The molecule has 1 atom stereocenters. The van der Waals surface area contributed by atoms with Gasteiger partial charge >= 0.3 is 5.97 Å². The standard InChI is InChI=1S/C15H20N2O3/c1-15(14(19)20,11-7-8-11)16-13(18)10-5-4-6-12(9-10)17(2)3/h4-6,9,11H,7-8H2,1-3H3,(H,16,18)(H,19,20). The molecule has 5 heteroatoms. The van der Waals surface area contributed by atoms with Gasteiger partial charge in [0.25, 0.3) is 5.91 Å². The van der Waals surface area contributed by atoms with E-state index in [-0.39, 0.29) is 11.8 Å². The summed E-state index contributed by atoms with van der Waals surface area (Å²) in [5, 5.41) is 12.0. The second-order valence-electron chi connectivity index (χ2n) is 5.68. The zero-order valence-electron chi connectivity index (χ0n) is 12.0. The van der Waals surface area contributed by atoms with Crippen molar-refractivity contribution in [2.45, 2.75) is 25.3 Å². The van der Waals surface area contributed by atoms with Gasteiger partial charge in [-0.05, 0) is 43.9 Å². The lowest BCUT2D eigenvalue weighted by molar-refractivity contribution is -0.144. The van der Waals surface area contributed by atoms with Crippen LogP contribution < -0.4 is 10.2 Å². The molecule has 1 aromatic carbocycles. The number of carboxylic acids is 1. The van der Waals surface area contributed by atoms with Gasteiger partial charge in [0.15, 0.2) is 0 Å². The van der Waals surface area contributed by atoms with Crippen LogP contribution in [0.3, 0.4) is 0 Å². The van der Waals surface area contributed by atoms with E-state index >= 15 is 0 Å². The second kappa shape index (κ2) is 5.15. The largest absolute Gasteiger partial charge is 0.480 e. The lowest BCUT2D eigenvalue weighted by Crippen LogP contribution is -2.54. The highest BCUT2D eigenvalue weighted by Gasteiger charge is 2.48. The van der Waals surface area contributed by atoms with Crippen LogP contribution in [0.2, 0.25) is 0 Å². The molecule has 1 aromatic rings. The minimum atomic E-state index is -1.18. The summed E-state index contributed by atoms with van der Waals surface area (Å²) in [6, 6.07) is 7.13. The van der Waals surface area contributed by atoms with Crippen molar-refractivity contribution in [3.8, 4) is 0 Å². The molecule has 0 bridgehead atoms. The average Bonchev–Trinajstić information content (AvgIpc) is 3.23. The van der Waals surface area contributed by atoms with Crippen molar-refractivity contribution in [1.82, 2.24) is 5.32 Å². The zero-order chi connectivity index (χ0) is 14.9. The van der Waals surface area contributed by atoms with Gasteiger partial charge in [0.1, 0.15) is 5.54 Å². The molecule has 108 valence electrons. The van der Waals surface area contributed by atoms with Crippen LogP contribution in [0.1, 0.15) is 30.1 Å². The fourth-order valence-corrected chi connectivity index (χ4v) is 2.22. The highest BCUT2D eigenvalue weighted by molar-refractivity contribution is 5.98. The predicted octanol–water partition coefficient (Wildman–Crippen LogP) is 1.74. The zero-order valence-corrected chi connectivity index (χ0v) is 12.0. The highest BCUT2D eigenvalue weighted by Crippen LogP contribution is 2.39. The minimum Gasteiger partial charge on any atom is -0.480 e. The van der Waals surface area contributed by atoms with Crippen LogP contribution in [0.4, 0.5) is 5.69 Å². The molecule has 0 aliphatic heterocycles. The Balaban J connectivity index is 2.19. The maximum atomic E-state index is 12.3. The summed E-state index contributed by atoms with van der Waals surface area (Å²) in [4.78, 5) is 25.6. The third kappa shape index (κ3) is 2.76. The number of hydrogen-bond donors (Lipinski definition) is 2. The molecule has 0 heterocycles. The number of carbonyl (C=O) groups excluding carboxylic acids is 1. The predicted molar refractivity (Wildman–Crippen MR) is 77.0 cm³/mol. The average molecular weight is 276 g/mol. The number of amides is 1. The van der Waals surface area contributed by atoms with Crippen LogP contribution in [0.15, 0.2) is 24.3 Å². The van der Waals surface area contributed by atoms with E-state index in [9.17, 15) is 14.7 Å². The molecule has 0 saturated heterocycles. The summed E-state index contributed by atoms with van der Waals surface area (Å²) < 4.78 is 0. The number of nitrogens with zero attached hydrogens (tertiary/aromatic N) is 1. The van der Waals surface area contributed by atoms with Crippen molar-refractivity contribution in [2.24, 2.45) is 5.92 Å². The van der Waals surface area contributed by atoms with Gasteiger partial charge in [-0.25, -0.2) is 4.79 Å². The molecule has 1 saturated carbocycles. The first kappa shape index (κ1) is 14.4. The van der Waals surface area contributed by atoms with Gasteiger partial charge in [-0.2, -0.15) is 0 Å². The number of anilines is 1. The third-order valence-electron chi connectivity index (χ3n) is 3.84. The molecule has 0 aromatic heterocycles. The van der Waals surface area contributed by atoms with E-state index in [1.165, 1.54) is 0 Å². The number of nitrogens with one attached hydrogen (secondary N) is 1. The van der Waals surface area contributed by atoms with Gasteiger partial charge in [0.2, 0.25) is 0 Å². The van der Waals surface area contributed by atoms with Gasteiger partial charge in [-0.1, -0.05) is 6.07 Å². The van der Waals surface area contributed by atoms with Crippen molar-refractivity contribution in [3.63, 3.8) is 0 Å². The van der Waals surface area contributed by atoms with Crippen molar-refractivity contribution >= 4 is 17.6 Å². The summed E-state index contributed by atoms with van der Waals surface area (Å²) in [5.41, 5.74) is 0.205. The Morgan fingerprint density at radius 2 is 2.00 bits per heavy atom. The van der Waals surface area contributed by atoms with E-state index < -0.39 is 11.5 Å². The number of carboxylic acid groups (broad SMARTS) is 1. The molecule has 1 aliphatic rings. The quantitative estimate of drug-likeness (QED) is 0.859. The van der Waals surface area contributed by atoms with Gasteiger partial charge < -0.3 is 15.3 Å². The Hall–Kier alpha value is -2.04. The molecular weight excluding hydrogens is 256 g/mol. The SMILES string of the molecule is CN(C)c1cccc(C(=O)NC(C)(C(=O)O)C2CC2)c1. The molecular formula is C15H20N2O3. The van der Waals surface area contributed by atoms with Crippen LogP contribution in [0.25, 0.3) is 0 Å². The maximum absolute atomic E-state index is 12.3. The van der Waals surface area contributed by atoms with Crippen molar-refractivity contribution < 1.29 is 14.7 Å². The lowest BCUT2D eigenvalue weighted by Gasteiger charge is -2.26. The molecule has 1 aliphatic carbocycles. The number of carbonyl (C=O) groups is 2. The van der Waals surface area contributed by atoms with Crippen molar-refractivity contribution in [2.75, 3.05) is 19.0 Å². The first-order valence-electron chi connectivity index (χ1n) is 6.68. The number of rotatable bonds is 5. The Morgan fingerprint density at radius 1 is 1.35 bits per heavy atom. The Morgan fingerprint density at radius 3 is 2.50 bits per heavy atom. The molecule has 1 amide bonds. The summed E-state index contributed by atoms with van der Waals surface area (Å²) >= 11 is 0. The number of benzene rings is 1. The van der Waals surface area contributed by atoms with Crippen LogP contribution in [0, 0.1) is 5.92 Å². The Bertz CT molecular complexity index is 538. The van der Waals surface area contributed by atoms with Crippen molar-refractivity contribution in [3.05, 3.63) is 29.8 Å². The topological polar surface area (TPSA) is 69.6 Å². The summed E-state index contributed by atoms with van der Waals surface area (Å²) in [6.07, 6.45) is 1.70. The van der Waals surface area contributed by atoms with Gasteiger partial charge in [0, 0.05) is 25.3 Å². The van der Waals surface area contributed by atoms with Crippen LogP contribution >= 0.6 is 0 Å². The van der Waals surface area contributed by atoms with E-state index in [0.717, 1.165) is 18.5 Å². The molecule has 1 fully saturated rings. The van der Waals surface area contributed by atoms with Crippen molar-refractivity contribution in [1.29, 1.82) is 0 Å². The van der Waals surface area contributed by atoms with Gasteiger partial charge in [-0.15, -0.1) is 0 Å². The molecule has 1 unspecified atom stereocenters. The molecule has 0 radical (unpaired) electrons. The first-order chi connectivity index (χ1) is 9.34. The molecule has 2 rings (SSSR count).